The predicted octanol–water partition coefficient (Wildman–Crippen LogP) is 2.85. The number of nitrogens with one attached hydrogen (secondary N) is 2. The summed E-state index contributed by atoms with van der Waals surface area (Å²) in [6.07, 6.45) is 3.84. The molecule has 3 heterocycles. The summed E-state index contributed by atoms with van der Waals surface area (Å²) in [5.74, 6) is 1.59. The van der Waals surface area contributed by atoms with Crippen LogP contribution in [-0.2, 0) is 0 Å². The van der Waals surface area contributed by atoms with Crippen molar-refractivity contribution in [2.24, 2.45) is 0 Å². The highest BCUT2D eigenvalue weighted by atomic mass is 32.1. The van der Waals surface area contributed by atoms with E-state index < -0.39 is 0 Å². The fourth-order valence-corrected chi connectivity index (χ4v) is 3.27. The molecule has 0 amide bonds. The first-order valence-corrected chi connectivity index (χ1v) is 7.55. The summed E-state index contributed by atoms with van der Waals surface area (Å²) in [5, 5.41) is 6.41. The molecule has 1 aliphatic heterocycles. The predicted molar refractivity (Wildman–Crippen MR) is 80.7 cm³/mol. The Labute approximate surface area is 117 Å². The number of hydrogen-bond donors (Lipinski definition) is 2. The van der Waals surface area contributed by atoms with Gasteiger partial charge in [0, 0.05) is 25.0 Å². The van der Waals surface area contributed by atoms with Crippen LogP contribution >= 0.6 is 11.3 Å². The molecule has 0 spiro atoms. The Morgan fingerprint density at radius 2 is 2.00 bits per heavy atom. The average molecular weight is 277 g/mol. The molecule has 0 unspecified atom stereocenters. The maximum atomic E-state index is 4.56. The van der Waals surface area contributed by atoms with Crippen LogP contribution in [0.25, 0.3) is 10.2 Å². The molecule has 0 saturated carbocycles. The maximum Gasteiger partial charge on any atom is 0.225 e. The van der Waals surface area contributed by atoms with Crippen molar-refractivity contribution >= 4 is 33.3 Å². The smallest absolute Gasteiger partial charge is 0.225 e. The lowest BCUT2D eigenvalue weighted by atomic mass is 10.2. The number of rotatable bonds is 3. The molecule has 1 fully saturated rings. The molecule has 2 aromatic rings. The van der Waals surface area contributed by atoms with E-state index in [9.17, 15) is 0 Å². The van der Waals surface area contributed by atoms with Crippen molar-refractivity contribution in [3.05, 3.63) is 10.9 Å². The highest BCUT2D eigenvalue weighted by Gasteiger charge is 2.14. The molecule has 5 nitrogen and oxygen atoms in total. The average Bonchev–Trinajstić information content (AvgIpc) is 2.80. The minimum absolute atomic E-state index is 0.675. The van der Waals surface area contributed by atoms with Crippen LogP contribution in [0.5, 0.6) is 0 Å². The van der Waals surface area contributed by atoms with Crippen LogP contribution in [0.4, 0.5) is 11.8 Å². The summed E-state index contributed by atoms with van der Waals surface area (Å²) in [7, 11) is 1.85. The van der Waals surface area contributed by atoms with Gasteiger partial charge in [0.2, 0.25) is 5.95 Å². The summed E-state index contributed by atoms with van der Waals surface area (Å²) < 4.78 is 0. The number of hydrogen-bond acceptors (Lipinski definition) is 6. The van der Waals surface area contributed by atoms with Crippen molar-refractivity contribution < 1.29 is 0 Å². The van der Waals surface area contributed by atoms with E-state index in [0.29, 0.717) is 5.95 Å². The Morgan fingerprint density at radius 3 is 2.74 bits per heavy atom. The molecular weight excluding hydrogens is 258 g/mol. The number of fused-ring (bicyclic) bond motifs is 1. The van der Waals surface area contributed by atoms with E-state index >= 15 is 0 Å². The first-order valence-electron chi connectivity index (χ1n) is 6.74. The first kappa shape index (κ1) is 12.6. The molecular formula is C13H19N5S. The molecule has 2 N–H and O–H groups in total. The molecule has 0 aliphatic carbocycles. The van der Waals surface area contributed by atoms with Crippen molar-refractivity contribution in [2.75, 3.05) is 30.9 Å². The third-order valence-corrected chi connectivity index (χ3v) is 4.30. The van der Waals surface area contributed by atoms with Gasteiger partial charge in [-0.2, -0.15) is 4.98 Å². The lowest BCUT2D eigenvalue weighted by Gasteiger charge is -2.27. The van der Waals surface area contributed by atoms with Crippen LogP contribution in [0.1, 0.15) is 24.1 Å². The van der Waals surface area contributed by atoms with Crippen LogP contribution in [0.2, 0.25) is 0 Å². The van der Waals surface area contributed by atoms with Crippen molar-refractivity contribution in [3.63, 3.8) is 0 Å². The Hall–Kier alpha value is -1.40. The normalized spacial score (nSPS) is 16.7. The van der Waals surface area contributed by atoms with E-state index in [-0.39, 0.29) is 0 Å². The second-order valence-electron chi connectivity index (χ2n) is 4.88. The molecule has 6 heteroatoms. The van der Waals surface area contributed by atoms with Gasteiger partial charge in [0.05, 0.1) is 5.39 Å². The van der Waals surface area contributed by atoms with E-state index in [1.807, 2.05) is 7.05 Å². The summed E-state index contributed by atoms with van der Waals surface area (Å²) in [4.78, 5) is 11.4. The topological polar surface area (TPSA) is 53.1 Å². The second-order valence-corrected chi connectivity index (χ2v) is 6.12. The molecule has 0 atom stereocenters. The number of thiophene rings is 1. The SMILES string of the molecule is CNc1nc(NN2CCCCC2)c2cc(C)sc2n1. The molecule has 3 rings (SSSR count). The molecule has 0 bridgehead atoms. The molecule has 2 aromatic heterocycles. The van der Waals surface area contributed by atoms with E-state index in [1.54, 1.807) is 11.3 Å². The second kappa shape index (κ2) is 5.30. The molecule has 102 valence electrons. The summed E-state index contributed by atoms with van der Waals surface area (Å²) in [6.45, 7) is 4.28. The lowest BCUT2D eigenvalue weighted by molar-refractivity contribution is 0.272. The van der Waals surface area contributed by atoms with Gasteiger partial charge in [-0.05, 0) is 25.8 Å². The number of piperidine rings is 1. The Kier molecular flexibility index (Phi) is 3.52. The Bertz CT molecular complexity index is 574. The zero-order chi connectivity index (χ0) is 13.2. The minimum Gasteiger partial charge on any atom is -0.357 e. The van der Waals surface area contributed by atoms with Gasteiger partial charge in [-0.3, -0.25) is 0 Å². The van der Waals surface area contributed by atoms with Gasteiger partial charge in [-0.15, -0.1) is 11.3 Å². The highest BCUT2D eigenvalue weighted by molar-refractivity contribution is 7.18. The summed E-state index contributed by atoms with van der Waals surface area (Å²) >= 11 is 1.71. The number of anilines is 2. The lowest BCUT2D eigenvalue weighted by Crippen LogP contribution is -2.35. The molecule has 1 saturated heterocycles. The Balaban J connectivity index is 1.95. The summed E-state index contributed by atoms with van der Waals surface area (Å²) in [5.41, 5.74) is 3.46. The standard InChI is InChI=1S/C13H19N5S/c1-9-8-10-11(17-18-6-4-3-5-7-18)15-13(14-2)16-12(10)19-9/h8H,3-7H2,1-2H3,(H2,14,15,16,17). The van der Waals surface area contributed by atoms with Crippen LogP contribution in [0.3, 0.4) is 0 Å². The van der Waals surface area contributed by atoms with Crippen molar-refractivity contribution in [3.8, 4) is 0 Å². The number of aryl methyl sites for hydroxylation is 1. The van der Waals surface area contributed by atoms with Gasteiger partial charge in [0.1, 0.15) is 4.83 Å². The Morgan fingerprint density at radius 1 is 1.21 bits per heavy atom. The van der Waals surface area contributed by atoms with Crippen molar-refractivity contribution in [2.45, 2.75) is 26.2 Å². The third kappa shape index (κ3) is 2.64. The molecule has 0 radical (unpaired) electrons. The fraction of sp³-hybridized carbons (Fsp3) is 0.538. The zero-order valence-electron chi connectivity index (χ0n) is 11.4. The van der Waals surface area contributed by atoms with E-state index in [1.165, 1.54) is 24.1 Å². The van der Waals surface area contributed by atoms with E-state index in [0.717, 1.165) is 29.1 Å². The third-order valence-electron chi connectivity index (χ3n) is 3.36. The molecule has 1 aliphatic rings. The van der Waals surface area contributed by atoms with E-state index in [2.05, 4.69) is 38.7 Å². The van der Waals surface area contributed by atoms with Gasteiger partial charge in [-0.25, -0.2) is 9.99 Å². The molecule has 0 aromatic carbocycles. The summed E-state index contributed by atoms with van der Waals surface area (Å²) in [6, 6.07) is 2.16. The largest absolute Gasteiger partial charge is 0.357 e. The number of aromatic nitrogens is 2. The number of hydrazine groups is 1. The first-order chi connectivity index (χ1) is 9.26. The monoisotopic (exact) mass is 277 g/mol. The quantitative estimate of drug-likeness (QED) is 0.903. The fourth-order valence-electron chi connectivity index (χ4n) is 2.39. The van der Waals surface area contributed by atoms with Gasteiger partial charge in [-0.1, -0.05) is 6.42 Å². The highest BCUT2D eigenvalue weighted by Crippen LogP contribution is 2.30. The van der Waals surface area contributed by atoms with Gasteiger partial charge >= 0.3 is 0 Å². The maximum absolute atomic E-state index is 4.56. The van der Waals surface area contributed by atoms with Crippen LogP contribution in [0.15, 0.2) is 6.07 Å². The minimum atomic E-state index is 0.675. The van der Waals surface area contributed by atoms with Crippen LogP contribution in [0, 0.1) is 6.92 Å². The molecule has 19 heavy (non-hydrogen) atoms. The van der Waals surface area contributed by atoms with Gasteiger partial charge in [0.15, 0.2) is 5.82 Å². The van der Waals surface area contributed by atoms with Gasteiger partial charge in [0.25, 0.3) is 0 Å². The van der Waals surface area contributed by atoms with Crippen LogP contribution in [-0.4, -0.2) is 35.1 Å². The van der Waals surface area contributed by atoms with Crippen molar-refractivity contribution in [1.29, 1.82) is 0 Å². The van der Waals surface area contributed by atoms with Crippen molar-refractivity contribution in [1.82, 2.24) is 15.0 Å². The van der Waals surface area contributed by atoms with Crippen LogP contribution < -0.4 is 10.7 Å². The van der Waals surface area contributed by atoms with E-state index in [4.69, 9.17) is 0 Å². The van der Waals surface area contributed by atoms with Gasteiger partial charge < -0.3 is 10.7 Å². The zero-order valence-corrected chi connectivity index (χ0v) is 12.2. The number of nitrogens with zero attached hydrogens (tertiary/aromatic N) is 3.